The molecule has 0 saturated heterocycles. The highest BCUT2D eigenvalue weighted by Gasteiger charge is 2.14. The molecule has 1 heterocycles. The van der Waals surface area contributed by atoms with Crippen LogP contribution in [0.1, 0.15) is 5.56 Å². The number of hydrogen-bond donors (Lipinski definition) is 0. The Morgan fingerprint density at radius 1 is 0.967 bits per heavy atom. The van der Waals surface area contributed by atoms with Crippen LogP contribution < -0.4 is 0 Å². The summed E-state index contributed by atoms with van der Waals surface area (Å²) in [4.78, 5) is 12.1. The van der Waals surface area contributed by atoms with E-state index in [9.17, 15) is 10.1 Å². The topological polar surface area (TPSA) is 61.0 Å². The third-order valence-electron chi connectivity index (χ3n) is 4.32. The lowest BCUT2D eigenvalue weighted by Crippen LogP contribution is -1.94. The van der Waals surface area contributed by atoms with Crippen molar-refractivity contribution in [1.29, 1.82) is 0 Å². The first-order chi connectivity index (χ1) is 14.6. The fourth-order valence-electron chi connectivity index (χ4n) is 2.87. The molecule has 4 rings (SSSR count). The third kappa shape index (κ3) is 4.79. The average Bonchev–Trinajstić information content (AvgIpc) is 3.18. The molecule has 148 valence electrons. The molecule has 0 spiro atoms. The smallest absolute Gasteiger partial charge is 0.235 e. The normalized spacial score (nSPS) is 11.1. The summed E-state index contributed by atoms with van der Waals surface area (Å²) >= 11 is 7.62. The zero-order chi connectivity index (χ0) is 20.9. The van der Waals surface area contributed by atoms with Crippen molar-refractivity contribution < 1.29 is 4.92 Å². The van der Waals surface area contributed by atoms with Gasteiger partial charge in [-0.3, -0.25) is 10.1 Å². The van der Waals surface area contributed by atoms with Gasteiger partial charge in [0.05, 0.1) is 15.5 Å². The Balaban J connectivity index is 1.72. The lowest BCUT2D eigenvalue weighted by Gasteiger charge is -2.03. The standard InChI is InChI=1S/C23H16ClN3O2S/c24-19-10-12-21(13-11-19)30-22-16-26(20-4-2-1-3-5-20)25-23(22)18-8-6-17(7-9-18)14-15-27(28)29/h1-16H. The van der Waals surface area contributed by atoms with Gasteiger partial charge in [0.25, 0.3) is 0 Å². The van der Waals surface area contributed by atoms with Crippen molar-refractivity contribution in [2.45, 2.75) is 9.79 Å². The minimum Gasteiger partial charge on any atom is -0.259 e. The van der Waals surface area contributed by atoms with Crippen molar-refractivity contribution in [3.05, 3.63) is 112 Å². The van der Waals surface area contributed by atoms with E-state index >= 15 is 0 Å². The number of nitrogens with zero attached hydrogens (tertiary/aromatic N) is 3. The van der Waals surface area contributed by atoms with Crippen LogP contribution in [0.25, 0.3) is 23.0 Å². The van der Waals surface area contributed by atoms with Gasteiger partial charge in [-0.1, -0.05) is 65.8 Å². The van der Waals surface area contributed by atoms with Gasteiger partial charge in [-0.15, -0.1) is 0 Å². The lowest BCUT2D eigenvalue weighted by molar-refractivity contribution is -0.400. The van der Waals surface area contributed by atoms with Gasteiger partial charge in [0.1, 0.15) is 5.69 Å². The summed E-state index contributed by atoms with van der Waals surface area (Å²) in [6.07, 6.45) is 4.40. The van der Waals surface area contributed by atoms with E-state index in [0.717, 1.165) is 38.5 Å². The molecule has 0 unspecified atom stereocenters. The van der Waals surface area contributed by atoms with Gasteiger partial charge in [0.2, 0.25) is 6.20 Å². The van der Waals surface area contributed by atoms with Crippen LogP contribution in [0.5, 0.6) is 0 Å². The molecule has 4 aromatic rings. The molecule has 0 bridgehead atoms. The van der Waals surface area contributed by atoms with Gasteiger partial charge in [0, 0.05) is 27.8 Å². The van der Waals surface area contributed by atoms with E-state index in [1.165, 1.54) is 6.08 Å². The second-order valence-electron chi connectivity index (χ2n) is 6.40. The molecule has 7 heteroatoms. The summed E-state index contributed by atoms with van der Waals surface area (Å²) in [5, 5.41) is 16.0. The number of aromatic nitrogens is 2. The summed E-state index contributed by atoms with van der Waals surface area (Å²) in [6, 6.07) is 25.1. The van der Waals surface area contributed by atoms with E-state index in [0.29, 0.717) is 5.02 Å². The monoisotopic (exact) mass is 433 g/mol. The van der Waals surface area contributed by atoms with Crippen molar-refractivity contribution >= 4 is 29.4 Å². The SMILES string of the molecule is O=[N+]([O-])C=Cc1ccc(-c2nn(-c3ccccc3)cc2Sc2ccc(Cl)cc2)cc1. The zero-order valence-electron chi connectivity index (χ0n) is 15.7. The number of benzene rings is 3. The molecule has 0 atom stereocenters. The van der Waals surface area contributed by atoms with Gasteiger partial charge in [-0.25, -0.2) is 4.68 Å². The number of halogens is 1. The Bertz CT molecular complexity index is 1190. The summed E-state index contributed by atoms with van der Waals surface area (Å²) in [5.74, 6) is 0. The first-order valence-electron chi connectivity index (χ1n) is 9.09. The molecule has 0 aliphatic rings. The van der Waals surface area contributed by atoms with Gasteiger partial charge in [-0.05, 0) is 42.0 Å². The molecule has 0 aliphatic carbocycles. The first kappa shape index (κ1) is 19.9. The van der Waals surface area contributed by atoms with Crippen LogP contribution in [0.3, 0.4) is 0 Å². The minimum absolute atomic E-state index is 0.476. The molecular formula is C23H16ClN3O2S. The van der Waals surface area contributed by atoms with E-state index in [-0.39, 0.29) is 0 Å². The lowest BCUT2D eigenvalue weighted by atomic mass is 10.1. The molecule has 0 aliphatic heterocycles. The second kappa shape index (κ2) is 8.98. The largest absolute Gasteiger partial charge is 0.259 e. The Hall–Kier alpha value is -3.35. The molecule has 3 aromatic carbocycles. The fraction of sp³-hybridized carbons (Fsp3) is 0. The van der Waals surface area contributed by atoms with Crippen LogP contribution in [0, 0.1) is 10.1 Å². The number of hydrogen-bond acceptors (Lipinski definition) is 4. The highest BCUT2D eigenvalue weighted by Crippen LogP contribution is 2.36. The van der Waals surface area contributed by atoms with Gasteiger partial charge >= 0.3 is 0 Å². The number of rotatable bonds is 6. The molecule has 5 nitrogen and oxygen atoms in total. The summed E-state index contributed by atoms with van der Waals surface area (Å²) in [5.41, 5.74) is 3.49. The van der Waals surface area contributed by atoms with E-state index in [1.54, 1.807) is 11.8 Å². The van der Waals surface area contributed by atoms with Gasteiger partial charge < -0.3 is 0 Å². The Morgan fingerprint density at radius 3 is 2.33 bits per heavy atom. The van der Waals surface area contributed by atoms with Crippen molar-refractivity contribution in [3.63, 3.8) is 0 Å². The van der Waals surface area contributed by atoms with Crippen LogP contribution in [-0.2, 0) is 0 Å². The van der Waals surface area contributed by atoms with Gasteiger partial charge in [-0.2, -0.15) is 5.10 Å². The predicted molar refractivity (Wildman–Crippen MR) is 121 cm³/mol. The Kier molecular flexibility index (Phi) is 5.97. The molecule has 0 saturated carbocycles. The quantitative estimate of drug-likeness (QED) is 0.254. The van der Waals surface area contributed by atoms with Gasteiger partial charge in [0.15, 0.2) is 0 Å². The van der Waals surface area contributed by atoms with Crippen molar-refractivity contribution in [2.75, 3.05) is 0 Å². The van der Waals surface area contributed by atoms with Crippen LogP contribution in [-0.4, -0.2) is 14.7 Å². The highest BCUT2D eigenvalue weighted by atomic mass is 35.5. The molecule has 0 amide bonds. The van der Waals surface area contributed by atoms with Crippen molar-refractivity contribution in [3.8, 4) is 16.9 Å². The first-order valence-corrected chi connectivity index (χ1v) is 10.3. The second-order valence-corrected chi connectivity index (χ2v) is 7.95. The number of para-hydroxylation sites is 1. The molecule has 0 radical (unpaired) electrons. The minimum atomic E-state index is -0.476. The molecule has 1 aromatic heterocycles. The zero-order valence-corrected chi connectivity index (χ0v) is 17.3. The molecular weight excluding hydrogens is 418 g/mol. The Morgan fingerprint density at radius 2 is 1.67 bits per heavy atom. The Labute approximate surface area is 182 Å². The third-order valence-corrected chi connectivity index (χ3v) is 5.59. The van der Waals surface area contributed by atoms with Crippen LogP contribution >= 0.6 is 23.4 Å². The highest BCUT2D eigenvalue weighted by molar-refractivity contribution is 7.99. The van der Waals surface area contributed by atoms with E-state index in [2.05, 4.69) is 0 Å². The molecule has 0 fully saturated rings. The summed E-state index contributed by atoms with van der Waals surface area (Å²) in [6.45, 7) is 0. The predicted octanol–water partition coefficient (Wildman–Crippen LogP) is 6.59. The summed E-state index contributed by atoms with van der Waals surface area (Å²) < 4.78 is 1.86. The van der Waals surface area contributed by atoms with E-state index in [1.807, 2.05) is 89.7 Å². The fourth-order valence-corrected chi connectivity index (χ4v) is 3.93. The number of nitro groups is 1. The molecule has 30 heavy (non-hydrogen) atoms. The van der Waals surface area contributed by atoms with Crippen LogP contribution in [0.15, 0.2) is 101 Å². The van der Waals surface area contributed by atoms with Crippen molar-refractivity contribution in [2.24, 2.45) is 0 Å². The van der Waals surface area contributed by atoms with Crippen molar-refractivity contribution in [1.82, 2.24) is 9.78 Å². The van der Waals surface area contributed by atoms with E-state index in [4.69, 9.17) is 16.7 Å². The maximum atomic E-state index is 10.5. The van der Waals surface area contributed by atoms with E-state index < -0.39 is 4.92 Å². The molecule has 0 N–H and O–H groups in total. The summed E-state index contributed by atoms with van der Waals surface area (Å²) in [7, 11) is 0. The average molecular weight is 434 g/mol. The maximum absolute atomic E-state index is 10.5. The maximum Gasteiger partial charge on any atom is 0.235 e. The van der Waals surface area contributed by atoms with Crippen LogP contribution in [0.4, 0.5) is 0 Å². The van der Waals surface area contributed by atoms with Crippen LogP contribution in [0.2, 0.25) is 5.02 Å².